The summed E-state index contributed by atoms with van der Waals surface area (Å²) in [6.45, 7) is 7.04. The van der Waals surface area contributed by atoms with Crippen molar-refractivity contribution in [2.75, 3.05) is 0 Å². The first-order chi connectivity index (χ1) is 11.6. The lowest BCUT2D eigenvalue weighted by atomic mass is 10.0. The average Bonchev–Trinajstić information content (AvgIpc) is 2.46. The minimum atomic E-state index is -1.17. The summed E-state index contributed by atoms with van der Waals surface area (Å²) in [6.07, 6.45) is -0.787. The number of benzene rings is 1. The van der Waals surface area contributed by atoms with E-state index in [4.69, 9.17) is 16.3 Å². The van der Waals surface area contributed by atoms with Gasteiger partial charge in [-0.2, -0.15) is 0 Å². The Morgan fingerprint density at radius 2 is 2.04 bits per heavy atom. The van der Waals surface area contributed by atoms with E-state index in [1.54, 1.807) is 26.8 Å². The van der Waals surface area contributed by atoms with Gasteiger partial charge in [0.15, 0.2) is 0 Å². The van der Waals surface area contributed by atoms with E-state index in [0.717, 1.165) is 16.5 Å². The van der Waals surface area contributed by atoms with E-state index in [0.29, 0.717) is 5.56 Å². The Bertz CT molecular complexity index is 815. The molecule has 2 rings (SSSR count). The zero-order chi connectivity index (χ0) is 18.8. The maximum Gasteiger partial charge on any atom is 0.408 e. The number of aromatic nitrogens is 1. The van der Waals surface area contributed by atoms with Gasteiger partial charge in [0.1, 0.15) is 16.8 Å². The fourth-order valence-corrected chi connectivity index (χ4v) is 2.60. The van der Waals surface area contributed by atoms with Crippen LogP contribution in [0.1, 0.15) is 31.9 Å². The highest BCUT2D eigenvalue weighted by atomic mass is 35.5. The smallest absolute Gasteiger partial charge is 0.408 e. The Morgan fingerprint density at radius 1 is 1.36 bits per heavy atom. The standard InChI is InChI=1S/C18H21ClN2O4/c1-10-6-5-7-11-8-12(15(19)21-14(10)11)9-13(16(22)23)20-17(24)25-18(2,3)4/h5-8,13H,9H2,1-4H3,(H,20,24)(H,22,23). The number of nitrogens with zero attached hydrogens (tertiary/aromatic N) is 1. The van der Waals surface area contributed by atoms with Crippen molar-refractivity contribution in [2.45, 2.75) is 45.8 Å². The van der Waals surface area contributed by atoms with Gasteiger partial charge in [-0.15, -0.1) is 0 Å². The van der Waals surface area contributed by atoms with Crippen LogP contribution in [0, 0.1) is 6.92 Å². The van der Waals surface area contributed by atoms with E-state index < -0.39 is 23.7 Å². The van der Waals surface area contributed by atoms with Crippen molar-refractivity contribution >= 4 is 34.6 Å². The van der Waals surface area contributed by atoms with Gasteiger partial charge in [0, 0.05) is 11.8 Å². The van der Waals surface area contributed by atoms with Gasteiger partial charge in [-0.1, -0.05) is 29.8 Å². The molecule has 0 aliphatic carbocycles. The third-order valence-corrected chi connectivity index (χ3v) is 3.81. The van der Waals surface area contributed by atoms with E-state index in [1.807, 2.05) is 25.1 Å². The molecule has 0 spiro atoms. The molecule has 2 N–H and O–H groups in total. The monoisotopic (exact) mass is 364 g/mol. The summed E-state index contributed by atoms with van der Waals surface area (Å²) < 4.78 is 5.11. The molecule has 1 aromatic carbocycles. The fraction of sp³-hybridized carbons (Fsp3) is 0.389. The number of hydrogen-bond acceptors (Lipinski definition) is 4. The lowest BCUT2D eigenvalue weighted by Gasteiger charge is -2.22. The zero-order valence-electron chi connectivity index (χ0n) is 14.6. The molecule has 0 saturated heterocycles. The molecule has 0 fully saturated rings. The molecule has 134 valence electrons. The van der Waals surface area contributed by atoms with Crippen molar-refractivity contribution in [3.8, 4) is 0 Å². The Morgan fingerprint density at radius 3 is 2.64 bits per heavy atom. The Hall–Kier alpha value is -2.34. The highest BCUT2D eigenvalue weighted by Gasteiger charge is 2.25. The summed E-state index contributed by atoms with van der Waals surface area (Å²) in [6, 6.07) is 6.33. The molecule has 0 aliphatic heterocycles. The molecule has 1 unspecified atom stereocenters. The number of carbonyl (C=O) groups is 2. The third kappa shape index (κ3) is 5.06. The van der Waals surface area contributed by atoms with Gasteiger partial charge in [-0.05, 0) is 44.9 Å². The summed E-state index contributed by atoms with van der Waals surface area (Å²) >= 11 is 6.22. The number of carboxylic acid groups (broad SMARTS) is 1. The molecule has 0 bridgehead atoms. The molecule has 1 atom stereocenters. The molecule has 6 nitrogen and oxygen atoms in total. The number of ether oxygens (including phenoxy) is 1. The highest BCUT2D eigenvalue weighted by Crippen LogP contribution is 2.24. The first-order valence-corrected chi connectivity index (χ1v) is 8.21. The van der Waals surface area contributed by atoms with E-state index in [-0.39, 0.29) is 11.6 Å². The van der Waals surface area contributed by atoms with Crippen LogP contribution < -0.4 is 5.32 Å². The van der Waals surface area contributed by atoms with Crippen molar-refractivity contribution in [1.29, 1.82) is 0 Å². The predicted molar refractivity (Wildman–Crippen MR) is 96.0 cm³/mol. The van der Waals surface area contributed by atoms with Crippen LogP contribution in [-0.4, -0.2) is 33.8 Å². The van der Waals surface area contributed by atoms with Crippen LogP contribution in [0.2, 0.25) is 5.15 Å². The summed E-state index contributed by atoms with van der Waals surface area (Å²) in [5, 5.41) is 12.8. The molecular weight excluding hydrogens is 344 g/mol. The highest BCUT2D eigenvalue weighted by molar-refractivity contribution is 6.30. The third-order valence-electron chi connectivity index (χ3n) is 3.49. The minimum absolute atomic E-state index is 0.00426. The number of rotatable bonds is 4. The van der Waals surface area contributed by atoms with Crippen LogP contribution in [0.15, 0.2) is 24.3 Å². The molecule has 1 heterocycles. The summed E-state index contributed by atoms with van der Waals surface area (Å²) in [5.74, 6) is -1.17. The van der Waals surface area contributed by atoms with Crippen molar-refractivity contribution in [3.05, 3.63) is 40.5 Å². The lowest BCUT2D eigenvalue weighted by molar-refractivity contribution is -0.139. The maximum atomic E-state index is 11.9. The molecule has 1 aromatic heterocycles. The molecule has 2 aromatic rings. The second kappa shape index (κ2) is 7.27. The fourth-order valence-electron chi connectivity index (χ4n) is 2.38. The van der Waals surface area contributed by atoms with Gasteiger partial charge in [0.05, 0.1) is 5.52 Å². The number of nitrogens with one attached hydrogen (secondary N) is 1. The summed E-state index contributed by atoms with van der Waals surface area (Å²) in [4.78, 5) is 27.7. The van der Waals surface area contributed by atoms with Crippen LogP contribution in [-0.2, 0) is 16.0 Å². The van der Waals surface area contributed by atoms with E-state index >= 15 is 0 Å². The van der Waals surface area contributed by atoms with Gasteiger partial charge >= 0.3 is 12.1 Å². The van der Waals surface area contributed by atoms with Gasteiger partial charge in [0.25, 0.3) is 0 Å². The number of para-hydroxylation sites is 1. The molecule has 1 amide bonds. The first kappa shape index (κ1) is 19.0. The normalized spacial score (nSPS) is 12.7. The molecule has 25 heavy (non-hydrogen) atoms. The first-order valence-electron chi connectivity index (χ1n) is 7.84. The SMILES string of the molecule is Cc1cccc2cc(CC(NC(=O)OC(C)(C)C)C(=O)O)c(Cl)nc12. The van der Waals surface area contributed by atoms with Crippen molar-refractivity contribution in [2.24, 2.45) is 0 Å². The van der Waals surface area contributed by atoms with Crippen molar-refractivity contribution in [3.63, 3.8) is 0 Å². The number of hydrogen-bond donors (Lipinski definition) is 2. The largest absolute Gasteiger partial charge is 0.480 e. The van der Waals surface area contributed by atoms with E-state index in [2.05, 4.69) is 10.3 Å². The Balaban J connectivity index is 2.25. The Labute approximate surface area is 151 Å². The van der Waals surface area contributed by atoms with E-state index in [9.17, 15) is 14.7 Å². The number of pyridine rings is 1. The molecule has 0 saturated carbocycles. The van der Waals surface area contributed by atoms with Crippen LogP contribution >= 0.6 is 11.6 Å². The number of carbonyl (C=O) groups excluding carboxylic acids is 1. The summed E-state index contributed by atoms with van der Waals surface area (Å²) in [5.41, 5.74) is 1.58. The van der Waals surface area contributed by atoms with Crippen LogP contribution in [0.5, 0.6) is 0 Å². The summed E-state index contributed by atoms with van der Waals surface area (Å²) in [7, 11) is 0. The lowest BCUT2D eigenvalue weighted by Crippen LogP contribution is -2.44. The number of amides is 1. The average molecular weight is 365 g/mol. The van der Waals surface area contributed by atoms with Crippen LogP contribution in [0.4, 0.5) is 4.79 Å². The zero-order valence-corrected chi connectivity index (χ0v) is 15.3. The second-order valence-corrected chi connectivity index (χ2v) is 7.18. The van der Waals surface area contributed by atoms with Crippen LogP contribution in [0.3, 0.4) is 0 Å². The number of halogens is 1. The predicted octanol–water partition coefficient (Wildman–Crippen LogP) is 3.72. The maximum absolute atomic E-state index is 11.9. The number of fused-ring (bicyclic) bond motifs is 1. The topological polar surface area (TPSA) is 88.5 Å². The van der Waals surface area contributed by atoms with Gasteiger partial charge in [-0.3, -0.25) is 0 Å². The second-order valence-electron chi connectivity index (χ2n) is 6.83. The quantitative estimate of drug-likeness (QED) is 0.807. The Kier molecular flexibility index (Phi) is 5.52. The van der Waals surface area contributed by atoms with Crippen molar-refractivity contribution in [1.82, 2.24) is 10.3 Å². The molecule has 7 heteroatoms. The molecular formula is C18H21ClN2O4. The number of carboxylic acids is 1. The van der Waals surface area contributed by atoms with Crippen molar-refractivity contribution < 1.29 is 19.4 Å². The number of aryl methyl sites for hydroxylation is 1. The molecule has 0 radical (unpaired) electrons. The van der Waals surface area contributed by atoms with Gasteiger partial charge in [-0.25, -0.2) is 14.6 Å². The van der Waals surface area contributed by atoms with Gasteiger partial charge in [0.2, 0.25) is 0 Å². The number of aliphatic carboxylic acids is 1. The molecule has 0 aliphatic rings. The van der Waals surface area contributed by atoms with Crippen LogP contribution in [0.25, 0.3) is 10.9 Å². The minimum Gasteiger partial charge on any atom is -0.480 e. The van der Waals surface area contributed by atoms with E-state index in [1.165, 1.54) is 0 Å². The van der Waals surface area contributed by atoms with Gasteiger partial charge < -0.3 is 15.2 Å². The number of alkyl carbamates (subject to hydrolysis) is 1.